The predicted octanol–water partition coefficient (Wildman–Crippen LogP) is 3.88. The number of hydrogen-bond donors (Lipinski definition) is 2. The first-order chi connectivity index (χ1) is 10.3. The Morgan fingerprint density at radius 3 is 2.48 bits per heavy atom. The third-order valence-corrected chi connectivity index (χ3v) is 4.77. The van der Waals surface area contributed by atoms with Crippen LogP contribution in [0, 0.1) is 0 Å². The van der Waals surface area contributed by atoms with Crippen LogP contribution in [-0.2, 0) is 11.2 Å². The van der Waals surface area contributed by atoms with Crippen LogP contribution in [0.4, 0.5) is 0 Å². The zero-order valence-corrected chi connectivity index (χ0v) is 13.5. The first kappa shape index (κ1) is 16.5. The molecule has 0 bridgehead atoms. The number of ether oxygens (including phenoxy) is 1. The lowest BCUT2D eigenvalue weighted by Crippen LogP contribution is -2.48. The molecule has 0 aromatic heterocycles. The van der Waals surface area contributed by atoms with Crippen molar-refractivity contribution >= 4 is 0 Å². The smallest absolute Gasteiger partial charge is 0.0889 e. The lowest BCUT2D eigenvalue weighted by molar-refractivity contribution is -0.0783. The van der Waals surface area contributed by atoms with E-state index in [9.17, 15) is 0 Å². The number of benzene rings is 1. The van der Waals surface area contributed by atoms with Gasteiger partial charge in [0.15, 0.2) is 0 Å². The average Bonchev–Trinajstić information content (AvgIpc) is 2.75. The van der Waals surface area contributed by atoms with Crippen molar-refractivity contribution in [3.8, 4) is 0 Å². The standard InChI is InChI=1S/C18H30N2O/c1-3-15-10-9-11-16(14-15)17(20-19)18(21-4-2)12-7-5-6-8-13-18/h9-11,14,17,20H,3-8,12-13,19H2,1-2H3. The van der Waals surface area contributed by atoms with E-state index in [2.05, 4.69) is 43.5 Å². The molecular weight excluding hydrogens is 260 g/mol. The second-order valence-electron chi connectivity index (χ2n) is 6.11. The lowest BCUT2D eigenvalue weighted by Gasteiger charge is -2.40. The summed E-state index contributed by atoms with van der Waals surface area (Å²) in [5.41, 5.74) is 5.52. The summed E-state index contributed by atoms with van der Waals surface area (Å²) in [4.78, 5) is 0. The lowest BCUT2D eigenvalue weighted by atomic mass is 9.82. The maximum absolute atomic E-state index is 6.29. The van der Waals surface area contributed by atoms with Gasteiger partial charge >= 0.3 is 0 Å². The molecule has 3 N–H and O–H groups in total. The Bertz CT molecular complexity index is 425. The molecule has 118 valence electrons. The van der Waals surface area contributed by atoms with Crippen molar-refractivity contribution in [2.45, 2.75) is 70.4 Å². The summed E-state index contributed by atoms with van der Waals surface area (Å²) >= 11 is 0. The molecule has 0 saturated heterocycles. The third kappa shape index (κ3) is 3.85. The fourth-order valence-corrected chi connectivity index (χ4v) is 3.68. The number of hydrogen-bond acceptors (Lipinski definition) is 3. The minimum Gasteiger partial charge on any atom is -0.373 e. The molecule has 0 spiro atoms. The summed E-state index contributed by atoms with van der Waals surface area (Å²) in [7, 11) is 0. The molecule has 0 heterocycles. The summed E-state index contributed by atoms with van der Waals surface area (Å²) in [6.45, 7) is 5.02. The van der Waals surface area contributed by atoms with Crippen LogP contribution in [0.5, 0.6) is 0 Å². The fourth-order valence-electron chi connectivity index (χ4n) is 3.68. The summed E-state index contributed by atoms with van der Waals surface area (Å²) < 4.78 is 6.29. The van der Waals surface area contributed by atoms with Crippen molar-refractivity contribution in [3.63, 3.8) is 0 Å². The highest BCUT2D eigenvalue weighted by Gasteiger charge is 2.40. The largest absolute Gasteiger partial charge is 0.373 e. The summed E-state index contributed by atoms with van der Waals surface area (Å²) in [6, 6.07) is 8.83. The molecule has 1 atom stereocenters. The monoisotopic (exact) mass is 290 g/mol. The van der Waals surface area contributed by atoms with Gasteiger partial charge in [-0.25, -0.2) is 0 Å². The summed E-state index contributed by atoms with van der Waals surface area (Å²) in [6.07, 6.45) is 8.30. The van der Waals surface area contributed by atoms with Gasteiger partial charge in [0.1, 0.15) is 0 Å². The first-order valence-corrected chi connectivity index (χ1v) is 8.44. The Balaban J connectivity index is 2.33. The highest BCUT2D eigenvalue weighted by Crippen LogP contribution is 2.40. The van der Waals surface area contributed by atoms with Crippen LogP contribution < -0.4 is 11.3 Å². The zero-order chi connectivity index (χ0) is 15.1. The van der Waals surface area contributed by atoms with Gasteiger partial charge in [0.05, 0.1) is 11.6 Å². The second-order valence-corrected chi connectivity index (χ2v) is 6.11. The molecule has 3 nitrogen and oxygen atoms in total. The molecule has 21 heavy (non-hydrogen) atoms. The molecule has 0 aliphatic heterocycles. The number of hydrazine groups is 1. The second kappa shape index (κ2) is 7.92. The van der Waals surface area contributed by atoms with Crippen molar-refractivity contribution in [2.24, 2.45) is 5.84 Å². The third-order valence-electron chi connectivity index (χ3n) is 4.77. The molecule has 1 fully saturated rings. The Kier molecular flexibility index (Phi) is 6.22. The number of aryl methyl sites for hydroxylation is 1. The van der Waals surface area contributed by atoms with E-state index in [1.807, 2.05) is 0 Å². The molecule has 1 aromatic rings. The van der Waals surface area contributed by atoms with Crippen LogP contribution in [0.25, 0.3) is 0 Å². The van der Waals surface area contributed by atoms with Crippen molar-refractivity contribution in [2.75, 3.05) is 6.61 Å². The van der Waals surface area contributed by atoms with E-state index in [0.29, 0.717) is 0 Å². The van der Waals surface area contributed by atoms with Gasteiger partial charge in [-0.1, -0.05) is 56.9 Å². The predicted molar refractivity (Wildman–Crippen MR) is 87.9 cm³/mol. The van der Waals surface area contributed by atoms with Crippen LogP contribution in [-0.4, -0.2) is 12.2 Å². The number of nitrogens with two attached hydrogens (primary N) is 1. The zero-order valence-electron chi connectivity index (χ0n) is 13.5. The van der Waals surface area contributed by atoms with E-state index >= 15 is 0 Å². The first-order valence-electron chi connectivity index (χ1n) is 8.44. The maximum Gasteiger partial charge on any atom is 0.0889 e. The topological polar surface area (TPSA) is 47.3 Å². The van der Waals surface area contributed by atoms with Crippen LogP contribution >= 0.6 is 0 Å². The summed E-state index contributed by atoms with van der Waals surface area (Å²) in [5, 5.41) is 0. The highest BCUT2D eigenvalue weighted by atomic mass is 16.5. The average molecular weight is 290 g/mol. The Morgan fingerprint density at radius 1 is 1.19 bits per heavy atom. The van der Waals surface area contributed by atoms with E-state index in [1.165, 1.54) is 36.8 Å². The highest BCUT2D eigenvalue weighted by molar-refractivity contribution is 5.28. The van der Waals surface area contributed by atoms with E-state index < -0.39 is 0 Å². The maximum atomic E-state index is 6.29. The summed E-state index contributed by atoms with van der Waals surface area (Å²) in [5.74, 6) is 5.96. The van der Waals surface area contributed by atoms with Gasteiger partial charge in [0.2, 0.25) is 0 Å². The Morgan fingerprint density at radius 2 is 1.90 bits per heavy atom. The molecule has 2 rings (SSSR count). The van der Waals surface area contributed by atoms with Crippen molar-refractivity contribution in [1.29, 1.82) is 0 Å². The van der Waals surface area contributed by atoms with Gasteiger partial charge in [-0.15, -0.1) is 0 Å². The SMILES string of the molecule is CCOC1(C(NN)c2cccc(CC)c2)CCCCCC1. The van der Waals surface area contributed by atoms with E-state index in [4.69, 9.17) is 10.6 Å². The molecule has 1 aromatic carbocycles. The molecule has 1 unspecified atom stereocenters. The van der Waals surface area contributed by atoms with E-state index in [-0.39, 0.29) is 11.6 Å². The molecule has 0 amide bonds. The molecule has 1 aliphatic carbocycles. The van der Waals surface area contributed by atoms with Gasteiger partial charge in [-0.05, 0) is 37.3 Å². The van der Waals surface area contributed by atoms with Crippen molar-refractivity contribution < 1.29 is 4.74 Å². The Labute approximate surface area is 129 Å². The fraction of sp³-hybridized carbons (Fsp3) is 0.667. The van der Waals surface area contributed by atoms with Crippen LogP contribution in [0.3, 0.4) is 0 Å². The van der Waals surface area contributed by atoms with Crippen molar-refractivity contribution in [1.82, 2.24) is 5.43 Å². The molecule has 1 aliphatic rings. The van der Waals surface area contributed by atoms with Gasteiger partial charge in [-0.2, -0.15) is 0 Å². The number of nitrogens with one attached hydrogen (secondary N) is 1. The van der Waals surface area contributed by atoms with Crippen LogP contribution in [0.2, 0.25) is 0 Å². The van der Waals surface area contributed by atoms with E-state index in [1.54, 1.807) is 0 Å². The molecule has 1 saturated carbocycles. The normalized spacial score (nSPS) is 20.0. The van der Waals surface area contributed by atoms with Gasteiger partial charge in [0, 0.05) is 6.61 Å². The molecule has 0 radical (unpaired) electrons. The van der Waals surface area contributed by atoms with Crippen molar-refractivity contribution in [3.05, 3.63) is 35.4 Å². The van der Waals surface area contributed by atoms with E-state index in [0.717, 1.165) is 25.9 Å². The number of rotatable bonds is 6. The van der Waals surface area contributed by atoms with Gasteiger partial charge in [-0.3, -0.25) is 11.3 Å². The quantitative estimate of drug-likeness (QED) is 0.475. The Hall–Kier alpha value is -0.900. The van der Waals surface area contributed by atoms with Gasteiger partial charge in [0.25, 0.3) is 0 Å². The minimum atomic E-state index is -0.160. The van der Waals surface area contributed by atoms with Crippen LogP contribution in [0.15, 0.2) is 24.3 Å². The molecule has 3 heteroatoms. The molecular formula is C18H30N2O. The van der Waals surface area contributed by atoms with Crippen LogP contribution in [0.1, 0.15) is 69.5 Å². The minimum absolute atomic E-state index is 0.0713. The van der Waals surface area contributed by atoms with Gasteiger partial charge < -0.3 is 4.74 Å².